The minimum Gasteiger partial charge on any atom is -0.356 e. The van der Waals surface area contributed by atoms with E-state index >= 15 is 0 Å². The van der Waals surface area contributed by atoms with Crippen molar-refractivity contribution < 1.29 is 4.79 Å². The summed E-state index contributed by atoms with van der Waals surface area (Å²) < 4.78 is 0. The maximum Gasteiger partial charge on any atom is 0.220 e. The Morgan fingerprint density at radius 1 is 1.16 bits per heavy atom. The van der Waals surface area contributed by atoms with Crippen LogP contribution < -0.4 is 5.32 Å². The molecule has 1 aliphatic heterocycles. The molecular formula is C16H24N2O. The van der Waals surface area contributed by atoms with Gasteiger partial charge in [0.2, 0.25) is 5.91 Å². The Morgan fingerprint density at radius 2 is 1.89 bits per heavy atom. The fourth-order valence-corrected chi connectivity index (χ4v) is 2.53. The van der Waals surface area contributed by atoms with E-state index in [0.717, 1.165) is 25.9 Å². The molecule has 19 heavy (non-hydrogen) atoms. The van der Waals surface area contributed by atoms with Gasteiger partial charge in [-0.15, -0.1) is 0 Å². The highest BCUT2D eigenvalue weighted by atomic mass is 16.1. The number of rotatable bonds is 7. The van der Waals surface area contributed by atoms with Crippen LogP contribution >= 0.6 is 0 Å². The molecule has 0 aliphatic carbocycles. The number of benzene rings is 1. The summed E-state index contributed by atoms with van der Waals surface area (Å²) in [5.41, 5.74) is 1.23. The Morgan fingerprint density at radius 3 is 2.63 bits per heavy atom. The van der Waals surface area contributed by atoms with Gasteiger partial charge >= 0.3 is 0 Å². The number of likely N-dealkylation sites (tertiary alicyclic amines) is 1. The van der Waals surface area contributed by atoms with Crippen LogP contribution in [0.4, 0.5) is 0 Å². The highest BCUT2D eigenvalue weighted by Gasteiger charge is 2.10. The van der Waals surface area contributed by atoms with Crippen LogP contribution in [-0.2, 0) is 11.2 Å². The normalized spacial score (nSPS) is 15.6. The van der Waals surface area contributed by atoms with Gasteiger partial charge < -0.3 is 10.2 Å². The second-order valence-electron chi connectivity index (χ2n) is 5.24. The molecule has 1 amide bonds. The lowest BCUT2D eigenvalue weighted by molar-refractivity contribution is -0.121. The zero-order valence-corrected chi connectivity index (χ0v) is 11.6. The molecule has 104 valence electrons. The monoisotopic (exact) mass is 260 g/mol. The first-order valence-corrected chi connectivity index (χ1v) is 7.37. The lowest BCUT2D eigenvalue weighted by atomic mass is 10.1. The summed E-state index contributed by atoms with van der Waals surface area (Å²) in [6.45, 7) is 4.41. The molecule has 1 aromatic carbocycles. The van der Waals surface area contributed by atoms with E-state index in [9.17, 15) is 4.79 Å². The first-order valence-electron chi connectivity index (χ1n) is 7.37. The van der Waals surface area contributed by atoms with E-state index in [1.54, 1.807) is 0 Å². The molecular weight excluding hydrogens is 236 g/mol. The number of nitrogens with zero attached hydrogens (tertiary/aromatic N) is 1. The number of hydrogen-bond donors (Lipinski definition) is 1. The minimum atomic E-state index is 0.172. The van der Waals surface area contributed by atoms with Gasteiger partial charge in [0.15, 0.2) is 0 Å². The number of hydrogen-bond acceptors (Lipinski definition) is 2. The molecule has 2 rings (SSSR count). The quantitative estimate of drug-likeness (QED) is 0.762. The van der Waals surface area contributed by atoms with Crippen LogP contribution in [0.1, 0.15) is 31.2 Å². The first-order chi connectivity index (χ1) is 9.34. The molecule has 1 aromatic rings. The first kappa shape index (κ1) is 14.1. The van der Waals surface area contributed by atoms with E-state index in [1.165, 1.54) is 31.5 Å². The van der Waals surface area contributed by atoms with Crippen molar-refractivity contribution in [1.29, 1.82) is 0 Å². The van der Waals surface area contributed by atoms with Gasteiger partial charge in [-0.2, -0.15) is 0 Å². The molecule has 3 heteroatoms. The molecule has 0 spiro atoms. The molecule has 0 bridgehead atoms. The van der Waals surface area contributed by atoms with Crippen molar-refractivity contribution in [2.24, 2.45) is 0 Å². The van der Waals surface area contributed by atoms with Crippen molar-refractivity contribution in [3.63, 3.8) is 0 Å². The fourth-order valence-electron chi connectivity index (χ4n) is 2.53. The van der Waals surface area contributed by atoms with Crippen LogP contribution in [0.2, 0.25) is 0 Å². The third-order valence-electron chi connectivity index (χ3n) is 3.66. The Hall–Kier alpha value is -1.35. The third kappa shape index (κ3) is 5.43. The van der Waals surface area contributed by atoms with Gasteiger partial charge in [0.25, 0.3) is 0 Å². The van der Waals surface area contributed by atoms with Crippen molar-refractivity contribution in [3.05, 3.63) is 35.9 Å². The summed E-state index contributed by atoms with van der Waals surface area (Å²) in [6.07, 6.45) is 5.16. The largest absolute Gasteiger partial charge is 0.356 e. The lowest BCUT2D eigenvalue weighted by Crippen LogP contribution is -2.28. The smallest absolute Gasteiger partial charge is 0.220 e. The Labute approximate surface area is 116 Å². The summed E-state index contributed by atoms with van der Waals surface area (Å²) in [5.74, 6) is 0.172. The minimum absolute atomic E-state index is 0.172. The van der Waals surface area contributed by atoms with E-state index in [4.69, 9.17) is 0 Å². The molecule has 0 atom stereocenters. The van der Waals surface area contributed by atoms with E-state index in [2.05, 4.69) is 22.3 Å². The van der Waals surface area contributed by atoms with E-state index in [1.807, 2.05) is 18.2 Å². The molecule has 0 aromatic heterocycles. The zero-order valence-electron chi connectivity index (χ0n) is 11.6. The van der Waals surface area contributed by atoms with E-state index in [-0.39, 0.29) is 5.91 Å². The lowest BCUT2D eigenvalue weighted by Gasteiger charge is -2.14. The second-order valence-corrected chi connectivity index (χ2v) is 5.24. The summed E-state index contributed by atoms with van der Waals surface area (Å²) in [6, 6.07) is 10.2. The van der Waals surface area contributed by atoms with Crippen LogP contribution in [0, 0.1) is 0 Å². The van der Waals surface area contributed by atoms with Gasteiger partial charge in [-0.3, -0.25) is 4.79 Å². The Kier molecular flexibility index (Phi) is 5.89. The molecule has 1 heterocycles. The fraction of sp³-hybridized carbons (Fsp3) is 0.562. The Bertz CT molecular complexity index is 372. The maximum absolute atomic E-state index is 11.7. The molecule has 1 fully saturated rings. The van der Waals surface area contributed by atoms with Crippen LogP contribution in [0.25, 0.3) is 0 Å². The van der Waals surface area contributed by atoms with Crippen LogP contribution in [0.15, 0.2) is 30.3 Å². The van der Waals surface area contributed by atoms with Gasteiger partial charge in [0.1, 0.15) is 0 Å². The molecule has 0 radical (unpaired) electrons. The highest BCUT2D eigenvalue weighted by Crippen LogP contribution is 2.07. The summed E-state index contributed by atoms with van der Waals surface area (Å²) in [4.78, 5) is 14.2. The molecule has 0 saturated carbocycles. The van der Waals surface area contributed by atoms with E-state index in [0.29, 0.717) is 6.42 Å². The SMILES string of the molecule is O=C(CCc1ccccc1)NCCCN1CCCC1. The van der Waals surface area contributed by atoms with Gasteiger partial charge in [-0.25, -0.2) is 0 Å². The zero-order chi connectivity index (χ0) is 13.3. The molecule has 1 saturated heterocycles. The van der Waals surface area contributed by atoms with Crippen LogP contribution in [0.5, 0.6) is 0 Å². The number of amides is 1. The standard InChI is InChI=1S/C16H24N2O/c19-16(10-9-15-7-2-1-3-8-15)17-11-6-14-18-12-4-5-13-18/h1-3,7-8H,4-6,9-14H2,(H,17,19). The summed E-state index contributed by atoms with van der Waals surface area (Å²) >= 11 is 0. The second kappa shape index (κ2) is 7.95. The maximum atomic E-state index is 11.7. The summed E-state index contributed by atoms with van der Waals surface area (Å²) in [5, 5.41) is 3.01. The van der Waals surface area contributed by atoms with E-state index < -0.39 is 0 Å². The Balaban J connectivity index is 1.52. The van der Waals surface area contributed by atoms with Crippen LogP contribution in [-0.4, -0.2) is 37.0 Å². The average Bonchev–Trinajstić information content (AvgIpc) is 2.96. The predicted octanol–water partition coefficient (Wildman–Crippen LogP) is 2.22. The molecule has 1 N–H and O–H groups in total. The third-order valence-corrected chi connectivity index (χ3v) is 3.66. The molecule has 0 unspecified atom stereocenters. The van der Waals surface area contributed by atoms with Crippen molar-refractivity contribution in [1.82, 2.24) is 10.2 Å². The van der Waals surface area contributed by atoms with Gasteiger partial charge in [-0.1, -0.05) is 30.3 Å². The number of carbonyl (C=O) groups excluding carboxylic acids is 1. The van der Waals surface area contributed by atoms with Gasteiger partial charge in [0.05, 0.1) is 0 Å². The van der Waals surface area contributed by atoms with Crippen molar-refractivity contribution in [2.75, 3.05) is 26.2 Å². The number of aryl methyl sites for hydroxylation is 1. The summed E-state index contributed by atoms with van der Waals surface area (Å²) in [7, 11) is 0. The van der Waals surface area contributed by atoms with Crippen LogP contribution in [0.3, 0.4) is 0 Å². The predicted molar refractivity (Wildman–Crippen MR) is 78.1 cm³/mol. The highest BCUT2D eigenvalue weighted by molar-refractivity contribution is 5.76. The topological polar surface area (TPSA) is 32.3 Å². The van der Waals surface area contributed by atoms with Crippen molar-refractivity contribution in [2.45, 2.75) is 32.1 Å². The number of carbonyl (C=O) groups is 1. The van der Waals surface area contributed by atoms with Crippen molar-refractivity contribution in [3.8, 4) is 0 Å². The van der Waals surface area contributed by atoms with Crippen molar-refractivity contribution >= 4 is 5.91 Å². The number of nitrogens with one attached hydrogen (secondary N) is 1. The average molecular weight is 260 g/mol. The van der Waals surface area contributed by atoms with Gasteiger partial charge in [0, 0.05) is 13.0 Å². The molecule has 1 aliphatic rings. The molecule has 3 nitrogen and oxygen atoms in total. The van der Waals surface area contributed by atoms with Gasteiger partial charge in [-0.05, 0) is 50.9 Å².